The number of piperazine rings is 1. The molecule has 2 aromatic rings. The Balaban J connectivity index is 1.62. The Morgan fingerprint density at radius 3 is 2.64 bits per heavy atom. The van der Waals surface area contributed by atoms with Crippen molar-refractivity contribution in [3.8, 4) is 5.75 Å². The number of aliphatic hydroxyl groups is 1. The van der Waals surface area contributed by atoms with Gasteiger partial charge in [-0.1, -0.05) is 6.92 Å². The minimum Gasteiger partial charge on any atom is -0.497 e. The van der Waals surface area contributed by atoms with E-state index in [9.17, 15) is 9.90 Å². The van der Waals surface area contributed by atoms with Crippen molar-refractivity contribution in [2.24, 2.45) is 0 Å². The molecule has 0 spiro atoms. The standard InChI is InChI=1S/C19H27N3O3/c1-3-16(14-23)20-8-10-21(11-9-20)19(24)13-22-7-6-15-12-17(25-2)4-5-18(15)22/h4-7,12,16,23H,3,8-11,13-14H2,1-2H3. The lowest BCUT2D eigenvalue weighted by Gasteiger charge is -2.38. The molecule has 1 aromatic heterocycles. The topological polar surface area (TPSA) is 57.9 Å². The Hall–Kier alpha value is -2.05. The fourth-order valence-electron chi connectivity index (χ4n) is 3.53. The van der Waals surface area contributed by atoms with E-state index >= 15 is 0 Å². The number of rotatable bonds is 6. The van der Waals surface area contributed by atoms with E-state index in [1.165, 1.54) is 0 Å². The zero-order chi connectivity index (χ0) is 17.8. The number of methoxy groups -OCH3 is 1. The highest BCUT2D eigenvalue weighted by atomic mass is 16.5. The van der Waals surface area contributed by atoms with Gasteiger partial charge in [0.15, 0.2) is 0 Å². The number of benzene rings is 1. The van der Waals surface area contributed by atoms with Gasteiger partial charge in [0.2, 0.25) is 5.91 Å². The molecule has 25 heavy (non-hydrogen) atoms. The molecule has 0 saturated carbocycles. The Bertz CT molecular complexity index is 716. The third kappa shape index (κ3) is 3.80. The van der Waals surface area contributed by atoms with Gasteiger partial charge < -0.3 is 19.3 Å². The van der Waals surface area contributed by atoms with E-state index in [1.807, 2.05) is 39.9 Å². The van der Waals surface area contributed by atoms with Crippen LogP contribution in [0.5, 0.6) is 5.75 Å². The summed E-state index contributed by atoms with van der Waals surface area (Å²) in [5, 5.41) is 10.5. The molecule has 1 unspecified atom stereocenters. The van der Waals surface area contributed by atoms with Crippen LogP contribution in [0, 0.1) is 0 Å². The van der Waals surface area contributed by atoms with E-state index in [0.29, 0.717) is 6.54 Å². The van der Waals surface area contributed by atoms with E-state index in [-0.39, 0.29) is 18.6 Å². The van der Waals surface area contributed by atoms with Gasteiger partial charge in [-0.25, -0.2) is 0 Å². The SMILES string of the molecule is CCC(CO)N1CCN(C(=O)Cn2ccc3cc(OC)ccc32)CC1. The largest absolute Gasteiger partial charge is 0.497 e. The van der Waals surface area contributed by atoms with Crippen LogP contribution in [0.3, 0.4) is 0 Å². The predicted molar refractivity (Wildman–Crippen MR) is 97.8 cm³/mol. The van der Waals surface area contributed by atoms with Crippen molar-refractivity contribution in [1.82, 2.24) is 14.4 Å². The highest BCUT2D eigenvalue weighted by molar-refractivity contribution is 5.84. The van der Waals surface area contributed by atoms with Gasteiger partial charge >= 0.3 is 0 Å². The van der Waals surface area contributed by atoms with Crippen LogP contribution >= 0.6 is 0 Å². The molecule has 1 aliphatic heterocycles. The van der Waals surface area contributed by atoms with Crippen LogP contribution in [-0.2, 0) is 11.3 Å². The van der Waals surface area contributed by atoms with Gasteiger partial charge in [-0.05, 0) is 30.7 Å². The Labute approximate surface area is 148 Å². The summed E-state index contributed by atoms with van der Waals surface area (Å²) in [5.41, 5.74) is 1.04. The monoisotopic (exact) mass is 345 g/mol. The van der Waals surface area contributed by atoms with Crippen molar-refractivity contribution in [3.05, 3.63) is 30.5 Å². The van der Waals surface area contributed by atoms with E-state index in [0.717, 1.165) is 49.3 Å². The molecule has 1 N–H and O–H groups in total. The number of ether oxygens (including phenoxy) is 1. The highest BCUT2D eigenvalue weighted by Crippen LogP contribution is 2.22. The number of fused-ring (bicyclic) bond motifs is 1. The first-order valence-electron chi connectivity index (χ1n) is 8.91. The number of hydrogen-bond donors (Lipinski definition) is 1. The molecule has 1 fully saturated rings. The summed E-state index contributed by atoms with van der Waals surface area (Å²) in [6, 6.07) is 8.11. The number of carbonyl (C=O) groups is 1. The molecule has 0 aliphatic carbocycles. The van der Waals surface area contributed by atoms with Gasteiger partial charge in [-0.3, -0.25) is 9.69 Å². The molecule has 1 aromatic carbocycles. The second-order valence-corrected chi connectivity index (χ2v) is 6.53. The van der Waals surface area contributed by atoms with Crippen LogP contribution < -0.4 is 4.74 Å². The lowest BCUT2D eigenvalue weighted by Crippen LogP contribution is -2.53. The number of aliphatic hydroxyl groups excluding tert-OH is 1. The van der Waals surface area contributed by atoms with Gasteiger partial charge in [0.25, 0.3) is 0 Å². The van der Waals surface area contributed by atoms with Crippen LogP contribution in [0.1, 0.15) is 13.3 Å². The molecule has 136 valence electrons. The molecule has 1 aliphatic rings. The van der Waals surface area contributed by atoms with E-state index in [4.69, 9.17) is 4.74 Å². The fraction of sp³-hybridized carbons (Fsp3) is 0.526. The minimum absolute atomic E-state index is 0.144. The summed E-state index contributed by atoms with van der Waals surface area (Å²) < 4.78 is 7.24. The first-order chi connectivity index (χ1) is 12.2. The quantitative estimate of drug-likeness (QED) is 0.863. The van der Waals surface area contributed by atoms with Crippen LogP contribution in [-0.4, -0.2) is 71.3 Å². The molecule has 1 amide bonds. The Kier molecular flexibility index (Phi) is 5.60. The summed E-state index contributed by atoms with van der Waals surface area (Å²) in [7, 11) is 1.65. The molecule has 6 heteroatoms. The van der Waals surface area contributed by atoms with Crippen molar-refractivity contribution in [2.75, 3.05) is 39.9 Å². The van der Waals surface area contributed by atoms with Crippen LogP contribution in [0.25, 0.3) is 10.9 Å². The van der Waals surface area contributed by atoms with E-state index in [2.05, 4.69) is 11.8 Å². The fourth-order valence-corrected chi connectivity index (χ4v) is 3.53. The summed E-state index contributed by atoms with van der Waals surface area (Å²) in [6.45, 7) is 5.73. The number of hydrogen-bond acceptors (Lipinski definition) is 4. The smallest absolute Gasteiger partial charge is 0.242 e. The molecular formula is C19H27N3O3. The normalized spacial score (nSPS) is 17.0. The van der Waals surface area contributed by atoms with Crippen molar-refractivity contribution in [3.63, 3.8) is 0 Å². The molecular weight excluding hydrogens is 318 g/mol. The maximum Gasteiger partial charge on any atom is 0.242 e. The Morgan fingerprint density at radius 1 is 1.24 bits per heavy atom. The van der Waals surface area contributed by atoms with Crippen molar-refractivity contribution in [2.45, 2.75) is 25.9 Å². The molecule has 1 atom stereocenters. The van der Waals surface area contributed by atoms with Crippen LogP contribution in [0.2, 0.25) is 0 Å². The van der Waals surface area contributed by atoms with Gasteiger partial charge in [0, 0.05) is 49.3 Å². The first kappa shape index (κ1) is 17.8. The molecule has 2 heterocycles. The molecule has 3 rings (SSSR count). The average molecular weight is 345 g/mol. The van der Waals surface area contributed by atoms with Gasteiger partial charge in [0.1, 0.15) is 12.3 Å². The first-order valence-corrected chi connectivity index (χ1v) is 8.91. The maximum absolute atomic E-state index is 12.7. The van der Waals surface area contributed by atoms with Gasteiger partial charge in [-0.2, -0.15) is 0 Å². The summed E-state index contributed by atoms with van der Waals surface area (Å²) in [5.74, 6) is 0.965. The van der Waals surface area contributed by atoms with Crippen molar-refractivity contribution in [1.29, 1.82) is 0 Å². The second kappa shape index (κ2) is 7.89. The summed E-state index contributed by atoms with van der Waals surface area (Å²) in [4.78, 5) is 16.9. The third-order valence-electron chi connectivity index (χ3n) is 5.15. The van der Waals surface area contributed by atoms with Gasteiger partial charge in [-0.15, -0.1) is 0 Å². The van der Waals surface area contributed by atoms with Crippen LogP contribution in [0.4, 0.5) is 0 Å². The molecule has 0 bridgehead atoms. The zero-order valence-electron chi connectivity index (χ0n) is 15.0. The molecule has 6 nitrogen and oxygen atoms in total. The highest BCUT2D eigenvalue weighted by Gasteiger charge is 2.25. The van der Waals surface area contributed by atoms with E-state index in [1.54, 1.807) is 7.11 Å². The number of aromatic nitrogens is 1. The second-order valence-electron chi connectivity index (χ2n) is 6.53. The number of carbonyl (C=O) groups excluding carboxylic acids is 1. The summed E-state index contributed by atoms with van der Waals surface area (Å²) >= 11 is 0. The predicted octanol–water partition coefficient (Wildman–Crippen LogP) is 1.56. The lowest BCUT2D eigenvalue weighted by molar-refractivity contribution is -0.134. The van der Waals surface area contributed by atoms with E-state index < -0.39 is 0 Å². The van der Waals surface area contributed by atoms with Crippen molar-refractivity contribution < 1.29 is 14.6 Å². The minimum atomic E-state index is 0.144. The maximum atomic E-state index is 12.7. The number of amides is 1. The molecule has 1 saturated heterocycles. The average Bonchev–Trinajstić information content (AvgIpc) is 3.05. The van der Waals surface area contributed by atoms with Crippen molar-refractivity contribution >= 4 is 16.8 Å². The zero-order valence-corrected chi connectivity index (χ0v) is 15.0. The lowest BCUT2D eigenvalue weighted by atomic mass is 10.1. The van der Waals surface area contributed by atoms with Gasteiger partial charge in [0.05, 0.1) is 13.7 Å². The molecule has 0 radical (unpaired) electrons. The summed E-state index contributed by atoms with van der Waals surface area (Å²) in [6.07, 6.45) is 2.89. The Morgan fingerprint density at radius 2 is 2.00 bits per heavy atom. The van der Waals surface area contributed by atoms with Crippen LogP contribution in [0.15, 0.2) is 30.5 Å². The number of nitrogens with zero attached hydrogens (tertiary/aromatic N) is 3. The third-order valence-corrected chi connectivity index (χ3v) is 5.15.